The molecule has 1 saturated carbocycles. The Kier molecular flexibility index (Phi) is 6.03. The van der Waals surface area contributed by atoms with E-state index >= 15 is 0 Å². The van der Waals surface area contributed by atoms with E-state index in [4.69, 9.17) is 4.74 Å². The Labute approximate surface area is 124 Å². The zero-order valence-electron chi connectivity index (χ0n) is 13.4. The van der Waals surface area contributed by atoms with Crippen molar-refractivity contribution in [1.29, 1.82) is 0 Å². The number of hydrogen-bond acceptors (Lipinski definition) is 3. The van der Waals surface area contributed by atoms with Gasteiger partial charge in [0.05, 0.1) is 6.10 Å². The molecular weight excluding hydrogens is 250 g/mol. The summed E-state index contributed by atoms with van der Waals surface area (Å²) in [5.41, 5.74) is 0. The number of carbonyl (C=O) groups is 1. The molecule has 0 amide bonds. The molecule has 2 fully saturated rings. The molecule has 3 heteroatoms. The minimum Gasteiger partial charge on any atom is -0.377 e. The van der Waals surface area contributed by atoms with Crippen molar-refractivity contribution in [3.63, 3.8) is 0 Å². The Morgan fingerprint density at radius 1 is 1.25 bits per heavy atom. The van der Waals surface area contributed by atoms with Gasteiger partial charge in [-0.15, -0.1) is 0 Å². The van der Waals surface area contributed by atoms with Crippen LogP contribution in [0, 0.1) is 17.8 Å². The van der Waals surface area contributed by atoms with E-state index in [1.54, 1.807) is 0 Å². The maximum atomic E-state index is 12.1. The second kappa shape index (κ2) is 7.56. The minimum absolute atomic E-state index is 0.254. The SMILES string of the molecule is CC(C)C1CCC(=O)C(CN(C)CC2CCCCO2)C1. The molecule has 116 valence electrons. The number of Topliss-reactive ketones (excluding diaryl/α,β-unsaturated/α-hetero) is 1. The first kappa shape index (κ1) is 16.0. The summed E-state index contributed by atoms with van der Waals surface area (Å²) >= 11 is 0. The number of likely N-dealkylation sites (N-methyl/N-ethyl adjacent to an activating group) is 1. The normalized spacial score (nSPS) is 32.0. The van der Waals surface area contributed by atoms with Crippen LogP contribution in [0.15, 0.2) is 0 Å². The van der Waals surface area contributed by atoms with Crippen molar-refractivity contribution in [2.24, 2.45) is 17.8 Å². The summed E-state index contributed by atoms with van der Waals surface area (Å²) < 4.78 is 5.80. The summed E-state index contributed by atoms with van der Waals surface area (Å²) in [4.78, 5) is 14.5. The van der Waals surface area contributed by atoms with Crippen molar-refractivity contribution < 1.29 is 9.53 Å². The number of ketones is 1. The Balaban J connectivity index is 1.79. The largest absolute Gasteiger partial charge is 0.377 e. The molecule has 0 spiro atoms. The van der Waals surface area contributed by atoms with Crippen molar-refractivity contribution in [1.82, 2.24) is 4.90 Å². The van der Waals surface area contributed by atoms with Crippen molar-refractivity contribution in [2.75, 3.05) is 26.7 Å². The molecule has 3 nitrogen and oxygen atoms in total. The molecule has 1 heterocycles. The smallest absolute Gasteiger partial charge is 0.137 e. The van der Waals surface area contributed by atoms with E-state index < -0.39 is 0 Å². The molecule has 1 saturated heterocycles. The molecule has 1 aliphatic heterocycles. The Morgan fingerprint density at radius 3 is 2.70 bits per heavy atom. The molecule has 0 aromatic rings. The van der Waals surface area contributed by atoms with Gasteiger partial charge in [-0.05, 0) is 51.0 Å². The third-order valence-corrected chi connectivity index (χ3v) is 5.07. The molecule has 2 rings (SSSR count). The molecule has 1 aliphatic carbocycles. The van der Waals surface area contributed by atoms with Crippen molar-refractivity contribution in [3.05, 3.63) is 0 Å². The molecule has 0 aromatic heterocycles. The van der Waals surface area contributed by atoms with Gasteiger partial charge in [-0.25, -0.2) is 0 Å². The highest BCUT2D eigenvalue weighted by molar-refractivity contribution is 5.82. The van der Waals surface area contributed by atoms with Crippen LogP contribution in [0.5, 0.6) is 0 Å². The summed E-state index contributed by atoms with van der Waals surface area (Å²) in [7, 11) is 2.14. The summed E-state index contributed by atoms with van der Waals surface area (Å²) in [5, 5.41) is 0. The third-order valence-electron chi connectivity index (χ3n) is 5.07. The van der Waals surface area contributed by atoms with E-state index in [-0.39, 0.29) is 5.92 Å². The van der Waals surface area contributed by atoms with Crippen LogP contribution < -0.4 is 0 Å². The van der Waals surface area contributed by atoms with Gasteiger partial charge < -0.3 is 9.64 Å². The van der Waals surface area contributed by atoms with E-state index in [2.05, 4.69) is 25.8 Å². The number of nitrogens with zero attached hydrogens (tertiary/aromatic N) is 1. The molecule has 3 atom stereocenters. The van der Waals surface area contributed by atoms with Crippen LogP contribution in [-0.2, 0) is 9.53 Å². The zero-order valence-corrected chi connectivity index (χ0v) is 13.4. The molecule has 20 heavy (non-hydrogen) atoms. The quantitative estimate of drug-likeness (QED) is 0.775. The predicted molar refractivity (Wildman–Crippen MR) is 81.8 cm³/mol. The minimum atomic E-state index is 0.254. The second-order valence-electron chi connectivity index (χ2n) is 7.15. The third kappa shape index (κ3) is 4.56. The average molecular weight is 281 g/mol. The van der Waals surface area contributed by atoms with Crippen LogP contribution in [0.4, 0.5) is 0 Å². The summed E-state index contributed by atoms with van der Waals surface area (Å²) in [6.45, 7) is 7.39. The van der Waals surface area contributed by atoms with Gasteiger partial charge in [-0.2, -0.15) is 0 Å². The highest BCUT2D eigenvalue weighted by Gasteiger charge is 2.31. The Bertz CT molecular complexity index is 310. The maximum Gasteiger partial charge on any atom is 0.137 e. The first-order valence-corrected chi connectivity index (χ1v) is 8.39. The van der Waals surface area contributed by atoms with Crippen LogP contribution in [0.25, 0.3) is 0 Å². The van der Waals surface area contributed by atoms with Gasteiger partial charge in [0, 0.05) is 32.0 Å². The van der Waals surface area contributed by atoms with Gasteiger partial charge in [0.15, 0.2) is 0 Å². The lowest BCUT2D eigenvalue weighted by Crippen LogP contribution is -2.40. The standard InChI is InChI=1S/C17H31NO2/c1-13(2)14-7-8-17(19)15(10-14)11-18(3)12-16-6-4-5-9-20-16/h13-16H,4-12H2,1-3H3. The lowest BCUT2D eigenvalue weighted by Gasteiger charge is -2.34. The molecule has 0 bridgehead atoms. The van der Waals surface area contributed by atoms with Gasteiger partial charge in [-0.3, -0.25) is 4.79 Å². The molecule has 3 unspecified atom stereocenters. The van der Waals surface area contributed by atoms with Crippen LogP contribution in [0.3, 0.4) is 0 Å². The van der Waals surface area contributed by atoms with Crippen LogP contribution in [-0.4, -0.2) is 43.5 Å². The highest BCUT2D eigenvalue weighted by Crippen LogP contribution is 2.32. The molecule has 0 radical (unpaired) electrons. The number of rotatable bonds is 5. The summed E-state index contributed by atoms with van der Waals surface area (Å²) in [5.74, 6) is 2.18. The Morgan fingerprint density at radius 2 is 2.05 bits per heavy atom. The van der Waals surface area contributed by atoms with Crippen LogP contribution in [0.2, 0.25) is 0 Å². The van der Waals surface area contributed by atoms with Crippen molar-refractivity contribution in [3.8, 4) is 0 Å². The first-order valence-electron chi connectivity index (χ1n) is 8.39. The monoisotopic (exact) mass is 281 g/mol. The number of hydrogen-bond donors (Lipinski definition) is 0. The van der Waals surface area contributed by atoms with Crippen LogP contribution in [0.1, 0.15) is 52.4 Å². The Hall–Kier alpha value is -0.410. The lowest BCUT2D eigenvalue weighted by molar-refractivity contribution is -0.126. The predicted octanol–water partition coefficient (Wildman–Crippen LogP) is 3.13. The number of carbonyl (C=O) groups excluding carboxylic acids is 1. The van der Waals surface area contributed by atoms with E-state index in [9.17, 15) is 4.79 Å². The summed E-state index contributed by atoms with van der Waals surface area (Å²) in [6, 6.07) is 0. The maximum absolute atomic E-state index is 12.1. The van der Waals surface area contributed by atoms with E-state index in [1.807, 2.05) is 0 Å². The second-order valence-corrected chi connectivity index (χ2v) is 7.15. The summed E-state index contributed by atoms with van der Waals surface area (Å²) in [6.07, 6.45) is 7.04. The van der Waals surface area contributed by atoms with Gasteiger partial charge in [0.1, 0.15) is 5.78 Å². The number of ether oxygens (including phenoxy) is 1. The topological polar surface area (TPSA) is 29.5 Å². The first-order chi connectivity index (χ1) is 9.56. The van der Waals surface area contributed by atoms with Gasteiger partial charge in [0.2, 0.25) is 0 Å². The van der Waals surface area contributed by atoms with E-state index in [0.717, 1.165) is 44.9 Å². The highest BCUT2D eigenvalue weighted by atomic mass is 16.5. The fourth-order valence-electron chi connectivity index (χ4n) is 3.68. The van der Waals surface area contributed by atoms with E-state index in [0.29, 0.717) is 17.8 Å². The molecule has 0 aromatic carbocycles. The van der Waals surface area contributed by atoms with Gasteiger partial charge in [-0.1, -0.05) is 13.8 Å². The fourth-order valence-corrected chi connectivity index (χ4v) is 3.68. The van der Waals surface area contributed by atoms with Gasteiger partial charge in [0.25, 0.3) is 0 Å². The molecule has 0 N–H and O–H groups in total. The van der Waals surface area contributed by atoms with Crippen LogP contribution >= 0.6 is 0 Å². The van der Waals surface area contributed by atoms with Crippen molar-refractivity contribution >= 4 is 5.78 Å². The lowest BCUT2D eigenvalue weighted by atomic mass is 9.75. The molecular formula is C17H31NO2. The fraction of sp³-hybridized carbons (Fsp3) is 0.941. The molecule has 2 aliphatic rings. The zero-order chi connectivity index (χ0) is 14.5. The average Bonchev–Trinajstić information content (AvgIpc) is 2.42. The van der Waals surface area contributed by atoms with E-state index in [1.165, 1.54) is 19.3 Å². The van der Waals surface area contributed by atoms with Gasteiger partial charge >= 0.3 is 0 Å². The van der Waals surface area contributed by atoms with Crippen molar-refractivity contribution in [2.45, 2.75) is 58.5 Å².